The van der Waals surface area contributed by atoms with Gasteiger partial charge in [-0.1, -0.05) is 62.7 Å². The fraction of sp³-hybridized carbons (Fsp3) is 0.250. The molecule has 1 aliphatic heterocycles. The van der Waals surface area contributed by atoms with Crippen LogP contribution in [-0.2, 0) is 0 Å². The van der Waals surface area contributed by atoms with Crippen LogP contribution in [0.2, 0.25) is 5.02 Å². The van der Waals surface area contributed by atoms with Crippen molar-refractivity contribution < 1.29 is 19.4 Å². The summed E-state index contributed by atoms with van der Waals surface area (Å²) in [5.41, 5.74) is 0.959. The topological polar surface area (TPSA) is 77.8 Å². The number of carboxylic acid groups (broad SMARTS) is 1. The Hall–Kier alpha value is -3.25. The third kappa shape index (κ3) is 4.16. The van der Waals surface area contributed by atoms with E-state index in [0.717, 1.165) is 5.56 Å². The number of rotatable bonds is 4. The number of hydrogen-bond donors (Lipinski definition) is 1. The summed E-state index contributed by atoms with van der Waals surface area (Å²) in [6, 6.07) is 14.1. The first-order chi connectivity index (χ1) is 14.6. The highest BCUT2D eigenvalue weighted by molar-refractivity contribution is 6.32. The van der Waals surface area contributed by atoms with E-state index < -0.39 is 17.6 Å². The summed E-state index contributed by atoms with van der Waals surface area (Å²) in [5, 5.41) is 9.81. The Labute approximate surface area is 184 Å². The maximum Gasteiger partial charge on any atom is 0.341 e. The van der Waals surface area contributed by atoms with E-state index in [0.29, 0.717) is 34.4 Å². The van der Waals surface area contributed by atoms with Gasteiger partial charge in [0.15, 0.2) is 5.43 Å². The third-order valence-corrected chi connectivity index (χ3v) is 5.15. The fourth-order valence-corrected chi connectivity index (χ4v) is 3.60. The standard InChI is InChI=1S/C24H22ClNO5/c1-24(2,3)13-30-21-11-20-15(9-17(21)25)18-10-19(27)16(23(28)29)12-26(18)22(31-20)14-7-5-4-6-8-14/h4-12,22H,13H2,1-3H3,(H,28,29). The zero-order chi connectivity index (χ0) is 22.3. The zero-order valence-electron chi connectivity index (χ0n) is 17.4. The molecule has 7 heteroatoms. The van der Waals surface area contributed by atoms with Gasteiger partial charge in [0.25, 0.3) is 0 Å². The normalized spacial score (nSPS) is 14.9. The lowest BCUT2D eigenvalue weighted by atomic mass is 9.98. The minimum Gasteiger partial charge on any atom is -0.491 e. The van der Waals surface area contributed by atoms with Gasteiger partial charge in [0.05, 0.1) is 17.3 Å². The second kappa shape index (κ2) is 7.78. The third-order valence-electron chi connectivity index (χ3n) is 4.86. The van der Waals surface area contributed by atoms with E-state index in [-0.39, 0.29) is 11.0 Å². The molecule has 2 aromatic carbocycles. The summed E-state index contributed by atoms with van der Waals surface area (Å²) in [6.45, 7) is 6.64. The maximum absolute atomic E-state index is 12.5. The Kier molecular flexibility index (Phi) is 5.27. The van der Waals surface area contributed by atoms with Crippen molar-refractivity contribution in [2.24, 2.45) is 5.41 Å². The Morgan fingerprint density at radius 2 is 1.90 bits per heavy atom. The Balaban J connectivity index is 1.89. The molecule has 0 spiro atoms. The van der Waals surface area contributed by atoms with E-state index in [9.17, 15) is 14.7 Å². The van der Waals surface area contributed by atoms with Crippen LogP contribution < -0.4 is 14.9 Å². The second-order valence-electron chi connectivity index (χ2n) is 8.66. The van der Waals surface area contributed by atoms with E-state index in [2.05, 4.69) is 20.8 Å². The lowest BCUT2D eigenvalue weighted by molar-refractivity contribution is 0.0693. The van der Waals surface area contributed by atoms with Crippen molar-refractivity contribution in [1.82, 2.24) is 4.57 Å². The smallest absolute Gasteiger partial charge is 0.341 e. The predicted molar refractivity (Wildman–Crippen MR) is 118 cm³/mol. The van der Waals surface area contributed by atoms with Gasteiger partial charge in [0.1, 0.15) is 17.1 Å². The number of aromatic nitrogens is 1. The van der Waals surface area contributed by atoms with Crippen LogP contribution in [0.1, 0.15) is 42.9 Å². The molecule has 4 rings (SSSR count). The van der Waals surface area contributed by atoms with E-state index in [1.807, 2.05) is 30.3 Å². The molecule has 0 bridgehead atoms. The van der Waals surface area contributed by atoms with E-state index in [4.69, 9.17) is 21.1 Å². The number of fused-ring (bicyclic) bond motifs is 3. The molecule has 31 heavy (non-hydrogen) atoms. The number of pyridine rings is 1. The molecule has 0 radical (unpaired) electrons. The van der Waals surface area contributed by atoms with Gasteiger partial charge in [-0.15, -0.1) is 0 Å². The SMILES string of the molecule is CC(C)(C)COc1cc2c(cc1Cl)-c1cc(=O)c(C(=O)O)cn1C(c1ccccc1)O2. The van der Waals surface area contributed by atoms with E-state index in [1.165, 1.54) is 12.3 Å². The minimum absolute atomic E-state index is 0.0557. The summed E-state index contributed by atoms with van der Waals surface area (Å²) in [6.07, 6.45) is 0.664. The van der Waals surface area contributed by atoms with Gasteiger partial charge in [-0.2, -0.15) is 0 Å². The molecule has 0 saturated carbocycles. The molecule has 0 aliphatic carbocycles. The molecular formula is C24H22ClNO5. The number of carboxylic acids is 1. The monoisotopic (exact) mass is 439 g/mol. The van der Waals surface area contributed by atoms with Crippen molar-refractivity contribution >= 4 is 17.6 Å². The van der Waals surface area contributed by atoms with Gasteiger partial charge in [-0.05, 0) is 11.5 Å². The average Bonchev–Trinajstić information content (AvgIpc) is 2.71. The first kappa shape index (κ1) is 21.0. The molecule has 0 amide bonds. The van der Waals surface area contributed by atoms with Crippen LogP contribution in [0.15, 0.2) is 59.5 Å². The van der Waals surface area contributed by atoms with Gasteiger partial charge >= 0.3 is 5.97 Å². The predicted octanol–water partition coefficient (Wildman–Crippen LogP) is 5.23. The number of aromatic carboxylic acids is 1. The van der Waals surface area contributed by atoms with Crippen LogP contribution in [0, 0.1) is 5.41 Å². The van der Waals surface area contributed by atoms with Crippen LogP contribution >= 0.6 is 11.6 Å². The lowest BCUT2D eigenvalue weighted by Crippen LogP contribution is -2.27. The first-order valence-corrected chi connectivity index (χ1v) is 10.2. The van der Waals surface area contributed by atoms with E-state index >= 15 is 0 Å². The van der Waals surface area contributed by atoms with Crippen molar-refractivity contribution in [3.05, 3.63) is 81.1 Å². The average molecular weight is 440 g/mol. The molecule has 1 N–H and O–H groups in total. The molecule has 1 aromatic heterocycles. The summed E-state index contributed by atoms with van der Waals surface area (Å²) in [7, 11) is 0. The van der Waals surface area contributed by atoms with Crippen LogP contribution in [-0.4, -0.2) is 22.2 Å². The summed E-state index contributed by atoms with van der Waals surface area (Å²) in [5.74, 6) is -0.299. The first-order valence-electron chi connectivity index (χ1n) is 9.82. The van der Waals surface area contributed by atoms with Crippen LogP contribution in [0.25, 0.3) is 11.3 Å². The van der Waals surface area contributed by atoms with Gasteiger partial charge in [0, 0.05) is 29.5 Å². The molecule has 3 aromatic rings. The highest BCUT2D eigenvalue weighted by atomic mass is 35.5. The van der Waals surface area contributed by atoms with Crippen molar-refractivity contribution in [3.63, 3.8) is 0 Å². The summed E-state index contributed by atoms with van der Waals surface area (Å²) >= 11 is 6.47. The number of benzene rings is 2. The zero-order valence-corrected chi connectivity index (χ0v) is 18.1. The Bertz CT molecular complexity index is 1210. The quantitative estimate of drug-likeness (QED) is 0.602. The van der Waals surface area contributed by atoms with Gasteiger partial charge in [-0.25, -0.2) is 4.79 Å². The lowest BCUT2D eigenvalue weighted by Gasteiger charge is -2.32. The van der Waals surface area contributed by atoms with Crippen molar-refractivity contribution in [1.29, 1.82) is 0 Å². The largest absolute Gasteiger partial charge is 0.491 e. The molecular weight excluding hydrogens is 418 g/mol. The van der Waals surface area contributed by atoms with Crippen molar-refractivity contribution in [3.8, 4) is 22.8 Å². The molecule has 1 atom stereocenters. The summed E-state index contributed by atoms with van der Waals surface area (Å²) < 4.78 is 13.8. The number of carbonyl (C=O) groups is 1. The number of ether oxygens (including phenoxy) is 2. The fourth-order valence-electron chi connectivity index (χ4n) is 3.38. The molecule has 2 heterocycles. The van der Waals surface area contributed by atoms with Crippen molar-refractivity contribution in [2.45, 2.75) is 27.0 Å². The Morgan fingerprint density at radius 3 is 2.55 bits per heavy atom. The molecule has 160 valence electrons. The van der Waals surface area contributed by atoms with E-state index in [1.54, 1.807) is 16.7 Å². The molecule has 0 saturated heterocycles. The van der Waals surface area contributed by atoms with Crippen LogP contribution in [0.3, 0.4) is 0 Å². The van der Waals surface area contributed by atoms with Crippen molar-refractivity contribution in [2.75, 3.05) is 6.61 Å². The number of halogens is 1. The molecule has 1 unspecified atom stereocenters. The number of nitrogens with zero attached hydrogens (tertiary/aromatic N) is 1. The molecule has 6 nitrogen and oxygen atoms in total. The number of hydrogen-bond acceptors (Lipinski definition) is 4. The minimum atomic E-state index is -1.29. The molecule has 1 aliphatic rings. The van der Waals surface area contributed by atoms with Crippen LogP contribution in [0.5, 0.6) is 11.5 Å². The Morgan fingerprint density at radius 1 is 1.19 bits per heavy atom. The van der Waals surface area contributed by atoms with Gasteiger partial charge in [-0.3, -0.25) is 4.79 Å². The highest BCUT2D eigenvalue weighted by Gasteiger charge is 2.29. The second-order valence-corrected chi connectivity index (χ2v) is 9.07. The van der Waals surface area contributed by atoms with Gasteiger partial charge < -0.3 is 19.1 Å². The highest BCUT2D eigenvalue weighted by Crippen LogP contribution is 2.44. The van der Waals surface area contributed by atoms with Gasteiger partial charge in [0.2, 0.25) is 6.23 Å². The van der Waals surface area contributed by atoms with Crippen LogP contribution in [0.4, 0.5) is 0 Å². The summed E-state index contributed by atoms with van der Waals surface area (Å²) in [4.78, 5) is 24.0. The maximum atomic E-state index is 12.5. The molecule has 0 fully saturated rings.